The van der Waals surface area contributed by atoms with Gasteiger partial charge in [-0.2, -0.15) is 0 Å². The van der Waals surface area contributed by atoms with Crippen molar-refractivity contribution >= 4 is 35.6 Å². The first kappa shape index (κ1) is 19.7. The fourth-order valence-corrected chi connectivity index (χ4v) is 2.21. The first-order valence-electron chi connectivity index (χ1n) is 7.91. The Morgan fingerprint density at radius 2 is 2.09 bits per heavy atom. The molecule has 23 heavy (non-hydrogen) atoms. The van der Waals surface area contributed by atoms with Crippen molar-refractivity contribution in [2.75, 3.05) is 13.6 Å². The van der Waals surface area contributed by atoms with Crippen molar-refractivity contribution in [3.05, 3.63) is 35.8 Å². The van der Waals surface area contributed by atoms with E-state index in [1.54, 1.807) is 7.05 Å². The van der Waals surface area contributed by atoms with E-state index in [4.69, 9.17) is 0 Å². The zero-order valence-corrected chi connectivity index (χ0v) is 17.0. The van der Waals surface area contributed by atoms with Crippen LogP contribution in [0, 0.1) is 12.8 Å². The number of nitrogens with one attached hydrogen (secondary N) is 2. The van der Waals surface area contributed by atoms with Gasteiger partial charge in [0.05, 0.1) is 5.69 Å². The number of aryl methyl sites for hydroxylation is 1. The highest BCUT2D eigenvalue weighted by atomic mass is 127. The van der Waals surface area contributed by atoms with Gasteiger partial charge in [0, 0.05) is 38.4 Å². The van der Waals surface area contributed by atoms with Crippen LogP contribution in [0.25, 0.3) is 5.65 Å². The van der Waals surface area contributed by atoms with Crippen LogP contribution in [-0.4, -0.2) is 35.0 Å². The van der Waals surface area contributed by atoms with Gasteiger partial charge in [0.2, 0.25) is 0 Å². The maximum Gasteiger partial charge on any atom is 0.191 e. The predicted octanol–water partition coefficient (Wildman–Crippen LogP) is 3.01. The summed E-state index contributed by atoms with van der Waals surface area (Å²) in [6.07, 6.45) is 5.01. The lowest BCUT2D eigenvalue weighted by Crippen LogP contribution is -2.44. The molecule has 0 bridgehead atoms. The molecule has 2 rings (SSSR count). The molecule has 0 aromatic carbocycles. The Morgan fingerprint density at radius 3 is 2.70 bits per heavy atom. The van der Waals surface area contributed by atoms with Crippen LogP contribution in [0.3, 0.4) is 0 Å². The van der Waals surface area contributed by atoms with Gasteiger partial charge in [-0.15, -0.1) is 24.0 Å². The summed E-state index contributed by atoms with van der Waals surface area (Å²) in [6, 6.07) is 4.53. The first-order valence-corrected chi connectivity index (χ1v) is 7.91. The summed E-state index contributed by atoms with van der Waals surface area (Å²) in [5.41, 5.74) is 3.33. The molecule has 1 unspecified atom stereocenters. The molecule has 0 amide bonds. The zero-order valence-electron chi connectivity index (χ0n) is 14.6. The minimum Gasteiger partial charge on any atom is -0.356 e. The van der Waals surface area contributed by atoms with E-state index < -0.39 is 0 Å². The molecule has 6 heteroatoms. The molecule has 0 fully saturated rings. The Kier molecular flexibility index (Phi) is 7.81. The van der Waals surface area contributed by atoms with E-state index in [2.05, 4.69) is 65.0 Å². The number of guanidine groups is 1. The molecule has 2 N–H and O–H groups in total. The van der Waals surface area contributed by atoms with Gasteiger partial charge in [-0.05, 0) is 31.4 Å². The Bertz CT molecular complexity index is 647. The molecule has 0 saturated carbocycles. The summed E-state index contributed by atoms with van der Waals surface area (Å²) >= 11 is 0. The standard InChI is InChI=1S/C17H27N5.HI/c1-12(2)14(4)20-17(18-5)19-9-8-15-11-22-10-6-7-13(3)16(22)21-15;/h6-7,10-12,14H,8-9H2,1-5H3,(H2,18,19,20);1H. The van der Waals surface area contributed by atoms with Crippen LogP contribution < -0.4 is 10.6 Å². The van der Waals surface area contributed by atoms with Gasteiger partial charge in [0.25, 0.3) is 0 Å². The van der Waals surface area contributed by atoms with Crippen LogP contribution in [0.5, 0.6) is 0 Å². The van der Waals surface area contributed by atoms with Gasteiger partial charge in [-0.1, -0.05) is 19.9 Å². The number of nitrogens with zero attached hydrogens (tertiary/aromatic N) is 3. The Morgan fingerprint density at radius 1 is 1.35 bits per heavy atom. The third kappa shape index (κ3) is 5.37. The van der Waals surface area contributed by atoms with E-state index in [1.807, 2.05) is 12.3 Å². The van der Waals surface area contributed by atoms with Crippen molar-refractivity contribution in [3.8, 4) is 0 Å². The number of fused-ring (bicyclic) bond motifs is 1. The van der Waals surface area contributed by atoms with Crippen molar-refractivity contribution in [2.24, 2.45) is 10.9 Å². The summed E-state index contributed by atoms with van der Waals surface area (Å²) in [5, 5.41) is 6.75. The van der Waals surface area contributed by atoms with Gasteiger partial charge in [-0.25, -0.2) is 4.98 Å². The van der Waals surface area contributed by atoms with Crippen molar-refractivity contribution in [1.29, 1.82) is 0 Å². The number of hydrogen-bond donors (Lipinski definition) is 2. The van der Waals surface area contributed by atoms with E-state index in [0.29, 0.717) is 12.0 Å². The zero-order chi connectivity index (χ0) is 16.1. The number of hydrogen-bond acceptors (Lipinski definition) is 2. The number of aromatic nitrogens is 2. The molecule has 0 radical (unpaired) electrons. The molecule has 2 heterocycles. The summed E-state index contributed by atoms with van der Waals surface area (Å²) in [4.78, 5) is 8.95. The highest BCUT2D eigenvalue weighted by Crippen LogP contribution is 2.10. The molecule has 2 aromatic rings. The van der Waals surface area contributed by atoms with Crippen molar-refractivity contribution in [3.63, 3.8) is 0 Å². The SMILES string of the molecule is CN=C(NCCc1cn2cccc(C)c2n1)NC(C)C(C)C.I. The highest BCUT2D eigenvalue weighted by molar-refractivity contribution is 14.0. The quantitative estimate of drug-likeness (QED) is 0.437. The smallest absolute Gasteiger partial charge is 0.191 e. The first-order chi connectivity index (χ1) is 10.5. The maximum atomic E-state index is 4.69. The van der Waals surface area contributed by atoms with Gasteiger partial charge >= 0.3 is 0 Å². The van der Waals surface area contributed by atoms with Crippen molar-refractivity contribution < 1.29 is 0 Å². The lowest BCUT2D eigenvalue weighted by molar-refractivity contribution is 0.481. The molecule has 0 spiro atoms. The molecule has 2 aromatic heterocycles. The summed E-state index contributed by atoms with van der Waals surface area (Å²) < 4.78 is 2.08. The van der Waals surface area contributed by atoms with Crippen LogP contribution in [0.1, 0.15) is 32.0 Å². The normalized spacial score (nSPS) is 13.0. The van der Waals surface area contributed by atoms with Crippen LogP contribution in [0.15, 0.2) is 29.5 Å². The van der Waals surface area contributed by atoms with E-state index in [-0.39, 0.29) is 24.0 Å². The van der Waals surface area contributed by atoms with Gasteiger partial charge < -0.3 is 15.0 Å². The van der Waals surface area contributed by atoms with E-state index in [0.717, 1.165) is 30.3 Å². The Balaban J connectivity index is 0.00000264. The number of aliphatic imine (C=N–C) groups is 1. The van der Waals surface area contributed by atoms with Crippen molar-refractivity contribution in [2.45, 2.75) is 40.2 Å². The molecular formula is C17H28IN5. The van der Waals surface area contributed by atoms with E-state index in [9.17, 15) is 0 Å². The second-order valence-electron chi connectivity index (χ2n) is 6.08. The fourth-order valence-electron chi connectivity index (χ4n) is 2.21. The molecule has 5 nitrogen and oxygen atoms in total. The maximum absolute atomic E-state index is 4.69. The molecule has 0 saturated heterocycles. The largest absolute Gasteiger partial charge is 0.356 e. The molecule has 128 valence electrons. The summed E-state index contributed by atoms with van der Waals surface area (Å²) in [6.45, 7) is 9.47. The fraction of sp³-hybridized carbons (Fsp3) is 0.529. The second kappa shape index (κ2) is 9.10. The lowest BCUT2D eigenvalue weighted by Gasteiger charge is -2.20. The predicted molar refractivity (Wildman–Crippen MR) is 108 cm³/mol. The van der Waals surface area contributed by atoms with Crippen LogP contribution in [0.4, 0.5) is 0 Å². The molecule has 0 aliphatic carbocycles. The third-order valence-corrected chi connectivity index (χ3v) is 3.99. The summed E-state index contributed by atoms with van der Waals surface area (Å²) in [7, 11) is 1.80. The van der Waals surface area contributed by atoms with Crippen LogP contribution >= 0.6 is 24.0 Å². The monoisotopic (exact) mass is 429 g/mol. The van der Waals surface area contributed by atoms with E-state index >= 15 is 0 Å². The van der Waals surface area contributed by atoms with Gasteiger partial charge in [0.15, 0.2) is 5.96 Å². The number of pyridine rings is 1. The molecule has 0 aliphatic heterocycles. The average Bonchev–Trinajstić information content (AvgIpc) is 2.90. The highest BCUT2D eigenvalue weighted by Gasteiger charge is 2.09. The van der Waals surface area contributed by atoms with E-state index in [1.165, 1.54) is 5.56 Å². The summed E-state index contributed by atoms with van der Waals surface area (Å²) in [5.74, 6) is 1.42. The van der Waals surface area contributed by atoms with Gasteiger partial charge in [0.1, 0.15) is 5.65 Å². The number of halogens is 1. The second-order valence-corrected chi connectivity index (χ2v) is 6.08. The Hall–Kier alpha value is -1.31. The number of imidazole rings is 1. The Labute approximate surface area is 156 Å². The van der Waals surface area contributed by atoms with Gasteiger partial charge in [-0.3, -0.25) is 4.99 Å². The van der Waals surface area contributed by atoms with Crippen LogP contribution in [-0.2, 0) is 6.42 Å². The molecule has 0 aliphatic rings. The van der Waals surface area contributed by atoms with Crippen molar-refractivity contribution in [1.82, 2.24) is 20.0 Å². The number of rotatable bonds is 5. The minimum absolute atomic E-state index is 0. The molecule has 1 atom stereocenters. The topological polar surface area (TPSA) is 53.7 Å². The average molecular weight is 429 g/mol. The van der Waals surface area contributed by atoms with Crippen LogP contribution in [0.2, 0.25) is 0 Å². The lowest BCUT2D eigenvalue weighted by atomic mass is 10.1. The minimum atomic E-state index is 0. The third-order valence-electron chi connectivity index (χ3n) is 3.99. The molecular weight excluding hydrogens is 401 g/mol.